The molecule has 5 nitrogen and oxygen atoms in total. The lowest BCUT2D eigenvalue weighted by Crippen LogP contribution is -2.31. The number of amides is 1. The van der Waals surface area contributed by atoms with Crippen LogP contribution in [0.25, 0.3) is 0 Å². The Bertz CT molecular complexity index is 833. The van der Waals surface area contributed by atoms with E-state index in [4.69, 9.17) is 14.2 Å². The van der Waals surface area contributed by atoms with Crippen LogP contribution in [0.5, 0.6) is 17.2 Å². The average Bonchev–Trinajstić information content (AvgIpc) is 2.71. The minimum atomic E-state index is -0.137. The molecule has 142 valence electrons. The standard InChI is InChI=1S/C22H25NO4/c1-15(17-9-10-20-21(13-17)26-12-11-25-20)23-22(24)14-27-19-8-4-6-16-5-2-3-7-18(16)19/h4,6,8-10,13,15H,2-3,5,7,11-12,14H2,1H3,(H,23,24)/t15-/m1/s1. The van der Waals surface area contributed by atoms with Gasteiger partial charge >= 0.3 is 0 Å². The summed E-state index contributed by atoms with van der Waals surface area (Å²) in [5, 5.41) is 2.99. The van der Waals surface area contributed by atoms with Crippen molar-refractivity contribution in [2.45, 2.75) is 38.6 Å². The molecule has 1 aliphatic carbocycles. The van der Waals surface area contributed by atoms with Crippen LogP contribution in [0.2, 0.25) is 0 Å². The van der Waals surface area contributed by atoms with E-state index in [0.29, 0.717) is 13.2 Å². The largest absolute Gasteiger partial charge is 0.486 e. The lowest BCUT2D eigenvalue weighted by molar-refractivity contribution is -0.123. The number of aryl methyl sites for hydroxylation is 1. The van der Waals surface area contributed by atoms with Crippen LogP contribution in [0.4, 0.5) is 0 Å². The molecule has 0 bridgehead atoms. The van der Waals surface area contributed by atoms with E-state index in [1.165, 1.54) is 24.0 Å². The van der Waals surface area contributed by atoms with Crippen molar-refractivity contribution >= 4 is 5.91 Å². The number of carbonyl (C=O) groups excluding carboxylic acids is 1. The van der Waals surface area contributed by atoms with Gasteiger partial charge < -0.3 is 19.5 Å². The third-order valence-electron chi connectivity index (χ3n) is 5.16. The first kappa shape index (κ1) is 17.7. The van der Waals surface area contributed by atoms with Crippen LogP contribution in [0, 0.1) is 0 Å². The first-order chi connectivity index (χ1) is 13.2. The maximum Gasteiger partial charge on any atom is 0.258 e. The van der Waals surface area contributed by atoms with Crippen molar-refractivity contribution in [1.29, 1.82) is 0 Å². The average molecular weight is 367 g/mol. The zero-order valence-corrected chi connectivity index (χ0v) is 15.6. The van der Waals surface area contributed by atoms with Crippen molar-refractivity contribution in [2.24, 2.45) is 0 Å². The number of benzene rings is 2. The Hall–Kier alpha value is -2.69. The molecule has 0 spiro atoms. The zero-order valence-electron chi connectivity index (χ0n) is 15.6. The van der Waals surface area contributed by atoms with Gasteiger partial charge in [0.15, 0.2) is 18.1 Å². The quantitative estimate of drug-likeness (QED) is 0.877. The Morgan fingerprint density at radius 3 is 2.81 bits per heavy atom. The van der Waals surface area contributed by atoms with Crippen LogP contribution in [0.3, 0.4) is 0 Å². The van der Waals surface area contributed by atoms with E-state index in [2.05, 4.69) is 11.4 Å². The fourth-order valence-electron chi connectivity index (χ4n) is 3.72. The number of carbonyl (C=O) groups is 1. The van der Waals surface area contributed by atoms with Gasteiger partial charge in [-0.2, -0.15) is 0 Å². The summed E-state index contributed by atoms with van der Waals surface area (Å²) in [7, 11) is 0. The van der Waals surface area contributed by atoms with E-state index < -0.39 is 0 Å². The smallest absolute Gasteiger partial charge is 0.258 e. The van der Waals surface area contributed by atoms with Gasteiger partial charge in [0.05, 0.1) is 6.04 Å². The number of rotatable bonds is 5. The van der Waals surface area contributed by atoms with E-state index in [1.54, 1.807) is 0 Å². The zero-order chi connectivity index (χ0) is 18.6. The van der Waals surface area contributed by atoms with Crippen LogP contribution < -0.4 is 19.5 Å². The summed E-state index contributed by atoms with van der Waals surface area (Å²) in [6, 6.07) is 11.8. The summed E-state index contributed by atoms with van der Waals surface area (Å²) in [4.78, 5) is 12.4. The highest BCUT2D eigenvalue weighted by atomic mass is 16.6. The highest BCUT2D eigenvalue weighted by molar-refractivity contribution is 5.78. The van der Waals surface area contributed by atoms with E-state index in [0.717, 1.165) is 35.7 Å². The minimum Gasteiger partial charge on any atom is -0.486 e. The van der Waals surface area contributed by atoms with Crippen molar-refractivity contribution in [3.63, 3.8) is 0 Å². The Labute approximate surface area is 159 Å². The molecule has 4 rings (SSSR count). The Kier molecular flexibility index (Phi) is 5.19. The predicted octanol–water partition coefficient (Wildman–Crippen LogP) is 3.59. The monoisotopic (exact) mass is 367 g/mol. The number of hydrogen-bond acceptors (Lipinski definition) is 4. The van der Waals surface area contributed by atoms with Gasteiger partial charge in [-0.25, -0.2) is 0 Å². The van der Waals surface area contributed by atoms with Crippen LogP contribution in [0.15, 0.2) is 36.4 Å². The second kappa shape index (κ2) is 7.91. The van der Waals surface area contributed by atoms with Gasteiger partial charge in [-0.1, -0.05) is 18.2 Å². The second-order valence-corrected chi connectivity index (χ2v) is 7.08. The maximum atomic E-state index is 12.4. The normalized spacial score (nSPS) is 16.2. The lowest BCUT2D eigenvalue weighted by atomic mass is 9.91. The lowest BCUT2D eigenvalue weighted by Gasteiger charge is -2.21. The molecule has 5 heteroatoms. The molecule has 0 radical (unpaired) electrons. The first-order valence-electron chi connectivity index (χ1n) is 9.63. The highest BCUT2D eigenvalue weighted by Crippen LogP contribution is 2.33. The Morgan fingerprint density at radius 2 is 1.93 bits per heavy atom. The molecule has 1 amide bonds. The van der Waals surface area contributed by atoms with Crippen molar-refractivity contribution < 1.29 is 19.0 Å². The fraction of sp³-hybridized carbons (Fsp3) is 0.409. The fourth-order valence-corrected chi connectivity index (χ4v) is 3.72. The molecule has 2 aromatic rings. The van der Waals surface area contributed by atoms with Crippen molar-refractivity contribution in [3.8, 4) is 17.2 Å². The predicted molar refractivity (Wildman–Crippen MR) is 103 cm³/mol. The number of hydrogen-bond donors (Lipinski definition) is 1. The molecule has 0 saturated carbocycles. The van der Waals surface area contributed by atoms with Crippen LogP contribution in [0.1, 0.15) is 42.5 Å². The van der Waals surface area contributed by atoms with Crippen LogP contribution >= 0.6 is 0 Å². The SMILES string of the molecule is C[C@@H](NC(=O)COc1cccc2c1CCCC2)c1ccc2c(c1)OCCO2. The van der Waals surface area contributed by atoms with E-state index >= 15 is 0 Å². The molecule has 1 N–H and O–H groups in total. The maximum absolute atomic E-state index is 12.4. The van der Waals surface area contributed by atoms with E-state index in [-0.39, 0.29) is 18.6 Å². The minimum absolute atomic E-state index is 0.0192. The van der Waals surface area contributed by atoms with Crippen molar-refractivity contribution in [2.75, 3.05) is 19.8 Å². The summed E-state index contributed by atoms with van der Waals surface area (Å²) >= 11 is 0. The number of ether oxygens (including phenoxy) is 3. The molecular weight excluding hydrogens is 342 g/mol. The summed E-state index contributed by atoms with van der Waals surface area (Å²) in [6.07, 6.45) is 4.53. The van der Waals surface area contributed by atoms with Gasteiger partial charge in [-0.3, -0.25) is 4.79 Å². The third-order valence-corrected chi connectivity index (χ3v) is 5.16. The highest BCUT2D eigenvalue weighted by Gasteiger charge is 2.17. The molecule has 1 heterocycles. The summed E-state index contributed by atoms with van der Waals surface area (Å²) < 4.78 is 17.0. The van der Waals surface area contributed by atoms with Gasteiger partial charge in [0.25, 0.3) is 5.91 Å². The van der Waals surface area contributed by atoms with Crippen LogP contribution in [-0.4, -0.2) is 25.7 Å². The van der Waals surface area contributed by atoms with Gasteiger partial charge in [-0.15, -0.1) is 0 Å². The van der Waals surface area contributed by atoms with Crippen molar-refractivity contribution in [3.05, 3.63) is 53.1 Å². The third kappa shape index (κ3) is 4.02. The summed E-state index contributed by atoms with van der Waals surface area (Å²) in [5.41, 5.74) is 3.59. The molecule has 0 unspecified atom stereocenters. The molecule has 1 aliphatic heterocycles. The van der Waals surface area contributed by atoms with Gasteiger partial charge in [0.1, 0.15) is 19.0 Å². The van der Waals surface area contributed by atoms with Crippen molar-refractivity contribution in [1.82, 2.24) is 5.32 Å². The van der Waals surface area contributed by atoms with Crippen LogP contribution in [-0.2, 0) is 17.6 Å². The molecule has 2 aliphatic rings. The summed E-state index contributed by atoms with van der Waals surface area (Å²) in [5.74, 6) is 2.19. The second-order valence-electron chi connectivity index (χ2n) is 7.08. The summed E-state index contributed by atoms with van der Waals surface area (Å²) in [6.45, 7) is 3.09. The first-order valence-corrected chi connectivity index (χ1v) is 9.63. The number of nitrogens with one attached hydrogen (secondary N) is 1. The molecular formula is C22H25NO4. The molecule has 2 aromatic carbocycles. The van der Waals surface area contributed by atoms with Gasteiger partial charge in [0, 0.05) is 0 Å². The number of fused-ring (bicyclic) bond motifs is 2. The van der Waals surface area contributed by atoms with Gasteiger partial charge in [-0.05, 0) is 67.5 Å². The molecule has 0 saturated heterocycles. The topological polar surface area (TPSA) is 56.8 Å². The van der Waals surface area contributed by atoms with E-state index in [1.807, 2.05) is 37.3 Å². The molecule has 0 aromatic heterocycles. The van der Waals surface area contributed by atoms with E-state index in [9.17, 15) is 4.79 Å². The van der Waals surface area contributed by atoms with Gasteiger partial charge in [0.2, 0.25) is 0 Å². The Morgan fingerprint density at radius 1 is 1.11 bits per heavy atom. The molecule has 27 heavy (non-hydrogen) atoms. The molecule has 0 fully saturated rings. The molecule has 1 atom stereocenters. The Balaban J connectivity index is 1.36.